The van der Waals surface area contributed by atoms with Crippen molar-refractivity contribution < 1.29 is 5.11 Å². The van der Waals surface area contributed by atoms with Crippen molar-refractivity contribution in [3.8, 4) is 0 Å². The number of nitrogens with one attached hydrogen (secondary N) is 1. The lowest BCUT2D eigenvalue weighted by molar-refractivity contribution is 0.121. The first-order valence-corrected chi connectivity index (χ1v) is 8.15. The molecular weight excluding hydrogens is 312 g/mol. The highest BCUT2D eigenvalue weighted by atomic mass is 79.9. The van der Waals surface area contributed by atoms with Gasteiger partial charge in [0.25, 0.3) is 0 Å². The molecule has 1 aliphatic rings. The van der Waals surface area contributed by atoms with Gasteiger partial charge in [0.1, 0.15) is 0 Å². The third-order valence-corrected chi connectivity index (χ3v) is 5.15. The number of aliphatic hydroxyl groups is 1. The lowest BCUT2D eigenvalue weighted by atomic mass is 10.2. The van der Waals surface area contributed by atoms with Crippen LogP contribution in [0.2, 0.25) is 0 Å². The molecule has 2 heterocycles. The Balaban J connectivity index is 1.70. The second-order valence-corrected chi connectivity index (χ2v) is 7.43. The first-order chi connectivity index (χ1) is 8.65. The summed E-state index contributed by atoms with van der Waals surface area (Å²) in [6.07, 6.45) is 2.29. The largest absolute Gasteiger partial charge is 0.390 e. The van der Waals surface area contributed by atoms with Gasteiger partial charge < -0.3 is 15.3 Å². The molecular formula is C13H21BrN2OS. The zero-order chi connectivity index (χ0) is 13.0. The monoisotopic (exact) mass is 332 g/mol. The van der Waals surface area contributed by atoms with E-state index in [0.29, 0.717) is 12.6 Å². The summed E-state index contributed by atoms with van der Waals surface area (Å²) in [5, 5.41) is 13.4. The number of nitrogens with zero attached hydrogens (tertiary/aromatic N) is 1. The Morgan fingerprint density at radius 1 is 1.44 bits per heavy atom. The van der Waals surface area contributed by atoms with E-state index in [0.717, 1.165) is 23.4 Å². The molecule has 2 N–H and O–H groups in total. The van der Waals surface area contributed by atoms with Gasteiger partial charge in [-0.3, -0.25) is 0 Å². The number of β-amino-alcohol motifs (C(OH)–C–C–N with tert-alkyl or cyclic N) is 1. The predicted molar refractivity (Wildman–Crippen MR) is 80.1 cm³/mol. The van der Waals surface area contributed by atoms with Gasteiger partial charge in [-0.1, -0.05) is 0 Å². The van der Waals surface area contributed by atoms with Crippen LogP contribution in [0.1, 0.15) is 30.7 Å². The third-order valence-electron chi connectivity index (χ3n) is 3.35. The van der Waals surface area contributed by atoms with Crippen molar-refractivity contribution in [1.82, 2.24) is 10.2 Å². The normalized spacial score (nSPS) is 20.2. The molecule has 2 unspecified atom stereocenters. The van der Waals surface area contributed by atoms with E-state index < -0.39 is 0 Å². The number of aliphatic hydroxyl groups excluding tert-OH is 1. The molecule has 3 nitrogen and oxygen atoms in total. The number of likely N-dealkylation sites (tertiary alicyclic amines) is 1. The lowest BCUT2D eigenvalue weighted by Gasteiger charge is -2.21. The molecule has 18 heavy (non-hydrogen) atoms. The smallest absolute Gasteiger partial charge is 0.0791 e. The SMILES string of the molecule is CC(NCC(O)CN1CCCC1)c1ccc(Br)s1. The molecule has 102 valence electrons. The number of rotatable bonds is 6. The highest BCUT2D eigenvalue weighted by molar-refractivity contribution is 9.11. The Hall–Kier alpha value is 0.0600. The van der Waals surface area contributed by atoms with E-state index in [4.69, 9.17) is 0 Å². The second kappa shape index (κ2) is 7.01. The molecule has 0 aliphatic carbocycles. The van der Waals surface area contributed by atoms with Gasteiger partial charge in [0, 0.05) is 24.0 Å². The van der Waals surface area contributed by atoms with Gasteiger partial charge in [-0.2, -0.15) is 0 Å². The van der Waals surface area contributed by atoms with Crippen molar-refractivity contribution in [2.45, 2.75) is 31.9 Å². The third kappa shape index (κ3) is 4.31. The van der Waals surface area contributed by atoms with Crippen LogP contribution < -0.4 is 5.32 Å². The molecule has 0 spiro atoms. The van der Waals surface area contributed by atoms with Crippen molar-refractivity contribution in [2.75, 3.05) is 26.2 Å². The summed E-state index contributed by atoms with van der Waals surface area (Å²) in [5.74, 6) is 0. The summed E-state index contributed by atoms with van der Waals surface area (Å²) in [5.41, 5.74) is 0. The highest BCUT2D eigenvalue weighted by Gasteiger charge is 2.16. The van der Waals surface area contributed by atoms with E-state index in [-0.39, 0.29) is 6.10 Å². The molecule has 1 aliphatic heterocycles. The molecule has 0 saturated carbocycles. The van der Waals surface area contributed by atoms with Gasteiger partial charge in [0.15, 0.2) is 0 Å². The Labute approximate surface area is 121 Å². The average Bonchev–Trinajstić information content (AvgIpc) is 2.97. The lowest BCUT2D eigenvalue weighted by Crippen LogP contribution is -2.37. The van der Waals surface area contributed by atoms with Gasteiger partial charge in [0.2, 0.25) is 0 Å². The minimum Gasteiger partial charge on any atom is -0.390 e. The van der Waals surface area contributed by atoms with E-state index in [2.05, 4.69) is 45.2 Å². The fraction of sp³-hybridized carbons (Fsp3) is 0.692. The first kappa shape index (κ1) is 14.5. The van der Waals surface area contributed by atoms with E-state index in [1.165, 1.54) is 17.7 Å². The summed E-state index contributed by atoms with van der Waals surface area (Å²) in [6.45, 7) is 5.89. The number of thiophene rings is 1. The molecule has 2 atom stereocenters. The molecule has 0 radical (unpaired) electrons. The molecule has 0 amide bonds. The minimum absolute atomic E-state index is 0.269. The molecule has 1 saturated heterocycles. The fourth-order valence-corrected chi connectivity index (χ4v) is 3.75. The Morgan fingerprint density at radius 3 is 2.78 bits per heavy atom. The molecule has 1 fully saturated rings. The zero-order valence-electron chi connectivity index (χ0n) is 10.7. The van der Waals surface area contributed by atoms with Crippen molar-refractivity contribution in [1.29, 1.82) is 0 Å². The van der Waals surface area contributed by atoms with Gasteiger partial charge in [-0.05, 0) is 60.9 Å². The minimum atomic E-state index is -0.269. The molecule has 0 aromatic carbocycles. The summed E-state index contributed by atoms with van der Waals surface area (Å²) in [4.78, 5) is 3.65. The van der Waals surface area contributed by atoms with Crippen LogP contribution in [0, 0.1) is 0 Å². The van der Waals surface area contributed by atoms with Crippen molar-refractivity contribution in [3.63, 3.8) is 0 Å². The van der Waals surface area contributed by atoms with Gasteiger partial charge >= 0.3 is 0 Å². The topological polar surface area (TPSA) is 35.5 Å². The van der Waals surface area contributed by atoms with Crippen LogP contribution in [0.15, 0.2) is 15.9 Å². The molecule has 0 bridgehead atoms. The zero-order valence-corrected chi connectivity index (χ0v) is 13.1. The van der Waals surface area contributed by atoms with Crippen LogP contribution in [0.4, 0.5) is 0 Å². The number of hydrogen-bond acceptors (Lipinski definition) is 4. The standard InChI is InChI=1S/C13H21BrN2OS/c1-10(12-4-5-13(14)18-12)15-8-11(17)9-16-6-2-3-7-16/h4-5,10-11,15,17H,2-3,6-9H2,1H3. The van der Waals surface area contributed by atoms with Crippen molar-refractivity contribution in [3.05, 3.63) is 20.8 Å². The van der Waals surface area contributed by atoms with E-state index in [9.17, 15) is 5.11 Å². The fourth-order valence-electron chi connectivity index (χ4n) is 2.30. The summed E-state index contributed by atoms with van der Waals surface area (Å²) >= 11 is 5.22. The number of hydrogen-bond donors (Lipinski definition) is 2. The van der Waals surface area contributed by atoms with Crippen molar-refractivity contribution in [2.24, 2.45) is 0 Å². The Morgan fingerprint density at radius 2 is 2.17 bits per heavy atom. The van der Waals surface area contributed by atoms with Crippen LogP contribution in [0.25, 0.3) is 0 Å². The van der Waals surface area contributed by atoms with Crippen LogP contribution in [0.5, 0.6) is 0 Å². The van der Waals surface area contributed by atoms with Gasteiger partial charge in [-0.15, -0.1) is 11.3 Å². The van der Waals surface area contributed by atoms with Crippen LogP contribution in [-0.4, -0.2) is 42.3 Å². The molecule has 5 heteroatoms. The maximum atomic E-state index is 10.0. The maximum Gasteiger partial charge on any atom is 0.0791 e. The molecule has 1 aromatic heterocycles. The van der Waals surface area contributed by atoms with Crippen LogP contribution in [-0.2, 0) is 0 Å². The maximum absolute atomic E-state index is 10.0. The van der Waals surface area contributed by atoms with Crippen LogP contribution in [0.3, 0.4) is 0 Å². The first-order valence-electron chi connectivity index (χ1n) is 6.54. The van der Waals surface area contributed by atoms with E-state index >= 15 is 0 Å². The quantitative estimate of drug-likeness (QED) is 0.840. The number of halogens is 1. The Bertz CT molecular complexity index is 366. The predicted octanol–water partition coefficient (Wildman–Crippen LogP) is 2.62. The Kier molecular flexibility index (Phi) is 5.63. The van der Waals surface area contributed by atoms with Crippen molar-refractivity contribution >= 4 is 27.3 Å². The summed E-state index contributed by atoms with van der Waals surface area (Å²) in [7, 11) is 0. The van der Waals surface area contributed by atoms with Gasteiger partial charge in [0.05, 0.1) is 9.89 Å². The summed E-state index contributed by atoms with van der Waals surface area (Å²) in [6, 6.07) is 4.49. The van der Waals surface area contributed by atoms with Gasteiger partial charge in [-0.25, -0.2) is 0 Å². The van der Waals surface area contributed by atoms with Crippen LogP contribution >= 0.6 is 27.3 Å². The molecule has 1 aromatic rings. The highest BCUT2D eigenvalue weighted by Crippen LogP contribution is 2.26. The molecule has 2 rings (SSSR count). The van der Waals surface area contributed by atoms with E-state index in [1.807, 2.05) is 0 Å². The second-order valence-electron chi connectivity index (χ2n) is 4.93. The average molecular weight is 333 g/mol. The van der Waals surface area contributed by atoms with E-state index in [1.54, 1.807) is 11.3 Å². The summed E-state index contributed by atoms with van der Waals surface area (Å²) < 4.78 is 1.16.